The van der Waals surface area contributed by atoms with E-state index >= 15 is 0 Å². The highest BCUT2D eigenvalue weighted by atomic mass is 16.6. The van der Waals surface area contributed by atoms with Crippen LogP contribution in [0.25, 0.3) is 0 Å². The molecule has 4 heteroatoms. The van der Waals surface area contributed by atoms with Crippen molar-refractivity contribution in [1.29, 1.82) is 5.26 Å². The molecule has 0 aromatic carbocycles. The number of carbonyl (C=O) groups is 1. The summed E-state index contributed by atoms with van der Waals surface area (Å²) in [6, 6.07) is 2.02. The Hall–Kier alpha value is -1.08. The van der Waals surface area contributed by atoms with Gasteiger partial charge in [0, 0.05) is 6.42 Å². The van der Waals surface area contributed by atoms with Gasteiger partial charge in [-0.3, -0.25) is 4.79 Å². The molecule has 0 saturated carbocycles. The summed E-state index contributed by atoms with van der Waals surface area (Å²) in [4.78, 5) is 11.6. The zero-order chi connectivity index (χ0) is 11.7. The molecular formula is C11H17NO3. The number of esters is 1. The van der Waals surface area contributed by atoms with Crippen LogP contribution < -0.4 is 0 Å². The Kier molecular flexibility index (Phi) is 3.05. The van der Waals surface area contributed by atoms with Gasteiger partial charge in [0.05, 0.1) is 24.4 Å². The van der Waals surface area contributed by atoms with Gasteiger partial charge in [-0.05, 0) is 27.7 Å². The van der Waals surface area contributed by atoms with Crippen molar-refractivity contribution >= 4 is 5.97 Å². The number of nitrogens with zero attached hydrogens (tertiary/aromatic N) is 1. The van der Waals surface area contributed by atoms with Crippen molar-refractivity contribution in [2.75, 3.05) is 6.61 Å². The molecule has 0 N–H and O–H groups in total. The normalized spacial score (nSPS) is 26.2. The van der Waals surface area contributed by atoms with Gasteiger partial charge >= 0.3 is 5.97 Å². The third-order valence-corrected chi connectivity index (χ3v) is 2.73. The Morgan fingerprint density at radius 3 is 2.53 bits per heavy atom. The summed E-state index contributed by atoms with van der Waals surface area (Å²) < 4.78 is 10.2. The Morgan fingerprint density at radius 2 is 2.20 bits per heavy atom. The second-order valence-electron chi connectivity index (χ2n) is 4.58. The Morgan fingerprint density at radius 1 is 1.67 bits per heavy atom. The highest BCUT2D eigenvalue weighted by Gasteiger charge is 2.53. The third-order valence-electron chi connectivity index (χ3n) is 2.73. The third kappa shape index (κ3) is 2.48. The molecule has 1 saturated heterocycles. The molecule has 1 rings (SSSR count). The van der Waals surface area contributed by atoms with Crippen molar-refractivity contribution in [3.63, 3.8) is 0 Å². The van der Waals surface area contributed by atoms with Crippen LogP contribution in [0.5, 0.6) is 0 Å². The Bertz CT molecular complexity index is 305. The molecule has 4 nitrogen and oxygen atoms in total. The van der Waals surface area contributed by atoms with E-state index in [9.17, 15) is 4.79 Å². The summed E-state index contributed by atoms with van der Waals surface area (Å²) in [5.41, 5.74) is -1.29. The maximum absolute atomic E-state index is 11.6. The largest absolute Gasteiger partial charge is 0.465 e. The maximum Gasteiger partial charge on any atom is 0.326 e. The molecule has 84 valence electrons. The fraction of sp³-hybridized carbons (Fsp3) is 0.818. The molecule has 0 aliphatic carbocycles. The summed E-state index contributed by atoms with van der Waals surface area (Å²) in [6.07, 6.45) is 0.376. The van der Waals surface area contributed by atoms with Crippen LogP contribution in [0.1, 0.15) is 34.1 Å². The highest BCUT2D eigenvalue weighted by molar-refractivity contribution is 5.79. The number of hydrogen-bond donors (Lipinski definition) is 0. The van der Waals surface area contributed by atoms with Crippen LogP contribution in [0.4, 0.5) is 0 Å². The number of carbonyl (C=O) groups excluding carboxylic acids is 1. The first-order chi connectivity index (χ1) is 6.85. The predicted molar refractivity (Wildman–Crippen MR) is 53.9 cm³/mol. The van der Waals surface area contributed by atoms with Crippen LogP contribution in [0, 0.1) is 16.7 Å². The number of epoxide rings is 1. The van der Waals surface area contributed by atoms with Gasteiger partial charge in [-0.25, -0.2) is 0 Å². The smallest absolute Gasteiger partial charge is 0.326 e. The van der Waals surface area contributed by atoms with E-state index in [-0.39, 0.29) is 11.7 Å². The van der Waals surface area contributed by atoms with Crippen LogP contribution in [0.2, 0.25) is 0 Å². The lowest BCUT2D eigenvalue weighted by Gasteiger charge is -2.18. The molecular weight excluding hydrogens is 194 g/mol. The van der Waals surface area contributed by atoms with Gasteiger partial charge < -0.3 is 9.47 Å². The van der Waals surface area contributed by atoms with E-state index in [0.717, 1.165) is 0 Å². The average Bonchev–Trinajstić information content (AvgIpc) is 2.73. The van der Waals surface area contributed by atoms with Crippen molar-refractivity contribution < 1.29 is 14.3 Å². The molecule has 0 aromatic rings. The number of nitriles is 1. The fourth-order valence-corrected chi connectivity index (χ4v) is 1.46. The van der Waals surface area contributed by atoms with Gasteiger partial charge in [0.25, 0.3) is 0 Å². The van der Waals surface area contributed by atoms with Gasteiger partial charge in [0.1, 0.15) is 0 Å². The predicted octanol–water partition coefficient (Wildman–Crippen LogP) is 1.65. The lowest BCUT2D eigenvalue weighted by atomic mass is 9.85. The molecule has 0 amide bonds. The average molecular weight is 211 g/mol. The topological polar surface area (TPSA) is 62.6 Å². The molecule has 0 radical (unpaired) electrons. The van der Waals surface area contributed by atoms with Gasteiger partial charge in [-0.2, -0.15) is 5.26 Å². The van der Waals surface area contributed by atoms with E-state index in [1.807, 2.05) is 19.9 Å². The maximum atomic E-state index is 11.6. The van der Waals surface area contributed by atoms with Crippen molar-refractivity contribution in [2.24, 2.45) is 5.41 Å². The zero-order valence-electron chi connectivity index (χ0n) is 9.66. The second kappa shape index (κ2) is 3.82. The minimum absolute atomic E-state index is 0.0217. The SMILES string of the molecule is CCOC(=O)C(C)(C#N)CC1OC1(C)C. The summed E-state index contributed by atoms with van der Waals surface area (Å²) in [7, 11) is 0. The lowest BCUT2D eigenvalue weighted by molar-refractivity contribution is -0.151. The van der Waals surface area contributed by atoms with E-state index in [2.05, 4.69) is 0 Å². The first kappa shape index (κ1) is 12.0. The molecule has 1 heterocycles. The van der Waals surface area contributed by atoms with E-state index in [1.54, 1.807) is 13.8 Å². The summed E-state index contributed by atoms with van der Waals surface area (Å²) in [6.45, 7) is 7.52. The first-order valence-electron chi connectivity index (χ1n) is 5.12. The molecule has 15 heavy (non-hydrogen) atoms. The van der Waals surface area contributed by atoms with Gasteiger partial charge in [-0.15, -0.1) is 0 Å². The monoisotopic (exact) mass is 211 g/mol. The van der Waals surface area contributed by atoms with Crippen molar-refractivity contribution in [3.8, 4) is 6.07 Å². The minimum Gasteiger partial charge on any atom is -0.465 e. The van der Waals surface area contributed by atoms with Crippen molar-refractivity contribution in [1.82, 2.24) is 0 Å². The molecule has 0 bridgehead atoms. The van der Waals surface area contributed by atoms with E-state index in [4.69, 9.17) is 14.7 Å². The Balaban J connectivity index is 2.62. The zero-order valence-corrected chi connectivity index (χ0v) is 9.66. The van der Waals surface area contributed by atoms with Crippen LogP contribution in [-0.4, -0.2) is 24.3 Å². The molecule has 1 fully saturated rings. The molecule has 2 unspecified atom stereocenters. The van der Waals surface area contributed by atoms with Crippen LogP contribution in [0.15, 0.2) is 0 Å². The molecule has 1 aliphatic rings. The van der Waals surface area contributed by atoms with Gasteiger partial charge in [0.2, 0.25) is 0 Å². The minimum atomic E-state index is -1.09. The molecule has 1 aliphatic heterocycles. The van der Waals surface area contributed by atoms with E-state index < -0.39 is 11.4 Å². The van der Waals surface area contributed by atoms with Gasteiger partial charge in [-0.1, -0.05) is 0 Å². The molecule has 0 spiro atoms. The number of rotatable bonds is 4. The summed E-state index contributed by atoms with van der Waals surface area (Å²) in [5, 5.41) is 9.02. The summed E-state index contributed by atoms with van der Waals surface area (Å²) in [5.74, 6) is -0.459. The molecule has 0 aromatic heterocycles. The van der Waals surface area contributed by atoms with Crippen molar-refractivity contribution in [3.05, 3.63) is 0 Å². The number of ether oxygens (including phenoxy) is 2. The lowest BCUT2D eigenvalue weighted by Crippen LogP contribution is -2.31. The number of hydrogen-bond acceptors (Lipinski definition) is 4. The highest BCUT2D eigenvalue weighted by Crippen LogP contribution is 2.43. The quantitative estimate of drug-likeness (QED) is 0.524. The van der Waals surface area contributed by atoms with Crippen LogP contribution >= 0.6 is 0 Å². The van der Waals surface area contributed by atoms with Gasteiger partial charge in [0.15, 0.2) is 5.41 Å². The van der Waals surface area contributed by atoms with E-state index in [0.29, 0.717) is 13.0 Å². The van der Waals surface area contributed by atoms with E-state index in [1.165, 1.54) is 0 Å². The second-order valence-corrected chi connectivity index (χ2v) is 4.58. The van der Waals surface area contributed by atoms with Crippen LogP contribution in [-0.2, 0) is 14.3 Å². The standard InChI is InChI=1S/C11H17NO3/c1-5-14-9(13)11(4,7-12)6-8-10(2,3)15-8/h8H,5-6H2,1-4H3. The van der Waals surface area contributed by atoms with Crippen molar-refractivity contribution in [2.45, 2.75) is 45.8 Å². The Labute approximate surface area is 90.2 Å². The molecule has 2 atom stereocenters. The fourth-order valence-electron chi connectivity index (χ4n) is 1.46. The summed E-state index contributed by atoms with van der Waals surface area (Å²) >= 11 is 0. The first-order valence-corrected chi connectivity index (χ1v) is 5.12. The van der Waals surface area contributed by atoms with Crippen LogP contribution in [0.3, 0.4) is 0 Å².